The highest BCUT2D eigenvalue weighted by atomic mass is 35.5. The Morgan fingerprint density at radius 1 is 1.09 bits per heavy atom. The van der Waals surface area contributed by atoms with Gasteiger partial charge >= 0.3 is 5.97 Å². The van der Waals surface area contributed by atoms with E-state index < -0.39 is 11.8 Å². The molecule has 0 bridgehead atoms. The molecule has 1 aliphatic rings. The second kappa shape index (κ2) is 9.95. The molecule has 0 unspecified atom stereocenters. The van der Waals surface area contributed by atoms with Gasteiger partial charge in [0, 0.05) is 23.1 Å². The number of carbonyl (C=O) groups is 2. The number of hydrogen-bond acceptors (Lipinski definition) is 6. The van der Waals surface area contributed by atoms with E-state index in [1.165, 1.54) is 0 Å². The van der Waals surface area contributed by atoms with Gasteiger partial charge in [0.25, 0.3) is 0 Å². The zero-order chi connectivity index (χ0) is 23.5. The van der Waals surface area contributed by atoms with E-state index in [0.717, 1.165) is 6.07 Å². The van der Waals surface area contributed by atoms with Crippen molar-refractivity contribution >= 4 is 45.9 Å². The summed E-state index contributed by atoms with van der Waals surface area (Å²) >= 11 is 12.2. The molecule has 7 nitrogen and oxygen atoms in total. The third-order valence-electron chi connectivity index (χ3n) is 5.50. The summed E-state index contributed by atoms with van der Waals surface area (Å²) in [6.07, 6.45) is 0.827. The Labute approximate surface area is 198 Å². The fraction of sp³-hybridized carbons (Fsp3) is 0.292. The van der Waals surface area contributed by atoms with E-state index >= 15 is 0 Å². The second-order valence-corrected chi connectivity index (χ2v) is 8.63. The first-order chi connectivity index (χ1) is 15.8. The molecule has 33 heavy (non-hydrogen) atoms. The molecule has 1 aliphatic carbocycles. The van der Waals surface area contributed by atoms with Crippen LogP contribution in [-0.4, -0.2) is 36.2 Å². The van der Waals surface area contributed by atoms with Crippen LogP contribution in [-0.2, 0) is 16.0 Å². The molecule has 1 fully saturated rings. The Kier molecular flexibility index (Phi) is 7.02. The van der Waals surface area contributed by atoms with Crippen molar-refractivity contribution in [2.75, 3.05) is 13.2 Å². The summed E-state index contributed by atoms with van der Waals surface area (Å²) in [6.45, 7) is 0.478. The van der Waals surface area contributed by atoms with Gasteiger partial charge in [-0.3, -0.25) is 14.4 Å². The minimum atomic E-state index is -0.802. The van der Waals surface area contributed by atoms with Gasteiger partial charge in [-0.1, -0.05) is 35.3 Å². The number of carboxylic acids is 1. The zero-order valence-corrected chi connectivity index (χ0v) is 18.9. The fourth-order valence-electron chi connectivity index (χ4n) is 3.62. The van der Waals surface area contributed by atoms with Gasteiger partial charge in [-0.15, -0.1) is 0 Å². The van der Waals surface area contributed by atoms with E-state index in [2.05, 4.69) is 0 Å². The number of carboxylic acid groups (broad SMARTS) is 1. The summed E-state index contributed by atoms with van der Waals surface area (Å²) in [4.78, 5) is 36.1. The van der Waals surface area contributed by atoms with Crippen LogP contribution in [0.25, 0.3) is 11.0 Å². The summed E-state index contributed by atoms with van der Waals surface area (Å²) in [5, 5.41) is 9.90. The summed E-state index contributed by atoms with van der Waals surface area (Å²) in [5.74, 6) is -1.23. The minimum Gasteiger partial charge on any atom is -0.491 e. The number of carbonyl (C=O) groups excluding carboxylic acids is 1. The summed E-state index contributed by atoms with van der Waals surface area (Å²) in [6, 6.07) is 10.9. The predicted octanol–water partition coefficient (Wildman–Crippen LogP) is 4.78. The Balaban J connectivity index is 1.42. The van der Waals surface area contributed by atoms with Gasteiger partial charge in [-0.2, -0.15) is 0 Å². The lowest BCUT2D eigenvalue weighted by atomic mass is 9.82. The normalized spacial score (nSPS) is 17.5. The van der Waals surface area contributed by atoms with Crippen molar-refractivity contribution in [2.24, 2.45) is 5.92 Å². The second-order valence-electron chi connectivity index (χ2n) is 7.79. The molecule has 4 rings (SSSR count). The summed E-state index contributed by atoms with van der Waals surface area (Å²) in [7, 11) is 0. The first kappa shape index (κ1) is 23.3. The van der Waals surface area contributed by atoms with E-state index in [0.29, 0.717) is 34.6 Å². The van der Waals surface area contributed by atoms with Crippen molar-refractivity contribution in [1.29, 1.82) is 0 Å². The molecule has 1 N–H and O–H groups in total. The number of hydrogen-bond donors (Lipinski definition) is 1. The highest BCUT2D eigenvalue weighted by Gasteiger charge is 2.35. The number of Topliss-reactive ketones (excluding diaryl/α,β-unsaturated/α-hetero) is 1. The van der Waals surface area contributed by atoms with Crippen LogP contribution in [0.4, 0.5) is 0 Å². The first-order valence-electron chi connectivity index (χ1n) is 10.3. The number of ketones is 1. The molecule has 0 radical (unpaired) electrons. The Bertz CT molecular complexity index is 1260. The van der Waals surface area contributed by atoms with Crippen LogP contribution in [0.2, 0.25) is 10.0 Å². The Hall–Kier alpha value is -2.87. The third kappa shape index (κ3) is 5.38. The molecular formula is C24H20Cl2O7. The average Bonchev–Trinajstić information content (AvgIpc) is 2.74. The lowest BCUT2D eigenvalue weighted by molar-refractivity contribution is -0.151. The summed E-state index contributed by atoms with van der Waals surface area (Å²) < 4.78 is 17.0. The van der Waals surface area contributed by atoms with E-state index in [1.807, 2.05) is 0 Å². The van der Waals surface area contributed by atoms with Crippen LogP contribution in [0.5, 0.6) is 5.75 Å². The topological polar surface area (TPSA) is 103 Å². The van der Waals surface area contributed by atoms with E-state index in [4.69, 9.17) is 42.2 Å². The maximum Gasteiger partial charge on any atom is 0.306 e. The lowest BCUT2D eigenvalue weighted by Crippen LogP contribution is -2.37. The van der Waals surface area contributed by atoms with Crippen LogP contribution < -0.4 is 10.2 Å². The minimum absolute atomic E-state index is 0.0742. The van der Waals surface area contributed by atoms with Gasteiger partial charge < -0.3 is 19.0 Å². The first-order valence-corrected chi connectivity index (χ1v) is 11.1. The SMILES string of the molecule is O=C(Cc1ccc(Cl)cc1OCCOC1CC(C(=O)O)C1)c1cc(=O)c2cccc(Cl)c2o1. The molecule has 1 aromatic heterocycles. The van der Waals surface area contributed by atoms with Crippen LogP contribution >= 0.6 is 23.2 Å². The van der Waals surface area contributed by atoms with Crippen molar-refractivity contribution in [1.82, 2.24) is 0 Å². The van der Waals surface area contributed by atoms with Crippen LogP contribution in [0.1, 0.15) is 29.0 Å². The number of ether oxygens (including phenoxy) is 2. The molecule has 172 valence electrons. The number of aliphatic carboxylic acids is 1. The molecule has 1 heterocycles. The summed E-state index contributed by atoms with van der Waals surface area (Å²) in [5.41, 5.74) is 0.384. The molecule has 0 saturated heterocycles. The lowest BCUT2D eigenvalue weighted by Gasteiger charge is -2.32. The molecule has 0 atom stereocenters. The van der Waals surface area contributed by atoms with Crippen molar-refractivity contribution < 1.29 is 28.6 Å². The van der Waals surface area contributed by atoms with Crippen LogP contribution in [0, 0.1) is 5.92 Å². The average molecular weight is 491 g/mol. The van der Waals surface area contributed by atoms with Gasteiger partial charge in [0.05, 0.1) is 29.0 Å². The standard InChI is InChI=1S/C24H20Cl2O7/c25-15-5-4-13(21(11-15)32-7-6-31-16-8-14(9-16)24(29)30)10-20(28)22-12-19(27)17-2-1-3-18(26)23(17)33-22/h1-5,11-12,14,16H,6-10H2,(H,29,30). The zero-order valence-electron chi connectivity index (χ0n) is 17.4. The van der Waals surface area contributed by atoms with E-state index in [-0.39, 0.29) is 53.5 Å². The maximum absolute atomic E-state index is 12.9. The molecular weight excluding hydrogens is 471 g/mol. The third-order valence-corrected chi connectivity index (χ3v) is 6.03. The molecule has 0 amide bonds. The van der Waals surface area contributed by atoms with Crippen LogP contribution in [0.3, 0.4) is 0 Å². The van der Waals surface area contributed by atoms with Crippen molar-refractivity contribution in [3.63, 3.8) is 0 Å². The smallest absolute Gasteiger partial charge is 0.306 e. The fourth-order valence-corrected chi connectivity index (χ4v) is 3.99. The van der Waals surface area contributed by atoms with Crippen molar-refractivity contribution in [2.45, 2.75) is 25.4 Å². The van der Waals surface area contributed by atoms with Gasteiger partial charge in [0.15, 0.2) is 16.8 Å². The van der Waals surface area contributed by atoms with E-state index in [9.17, 15) is 14.4 Å². The van der Waals surface area contributed by atoms with Crippen molar-refractivity contribution in [3.05, 3.63) is 74.1 Å². The van der Waals surface area contributed by atoms with Crippen LogP contribution in [0.15, 0.2) is 51.7 Å². The number of benzene rings is 2. The number of para-hydroxylation sites is 1. The maximum atomic E-state index is 12.9. The van der Waals surface area contributed by atoms with Gasteiger partial charge in [0.2, 0.25) is 5.78 Å². The number of rotatable bonds is 9. The largest absolute Gasteiger partial charge is 0.491 e. The quantitative estimate of drug-likeness (QED) is 0.339. The highest BCUT2D eigenvalue weighted by Crippen LogP contribution is 2.30. The molecule has 2 aromatic carbocycles. The Morgan fingerprint density at radius 2 is 1.88 bits per heavy atom. The van der Waals surface area contributed by atoms with Gasteiger partial charge in [0.1, 0.15) is 12.4 Å². The molecule has 1 saturated carbocycles. The Morgan fingerprint density at radius 3 is 2.64 bits per heavy atom. The van der Waals surface area contributed by atoms with Crippen molar-refractivity contribution in [3.8, 4) is 5.75 Å². The monoisotopic (exact) mass is 490 g/mol. The molecule has 0 spiro atoms. The van der Waals surface area contributed by atoms with E-state index in [1.54, 1.807) is 36.4 Å². The number of fused-ring (bicyclic) bond motifs is 1. The molecule has 0 aliphatic heterocycles. The number of halogens is 2. The molecule has 3 aromatic rings. The highest BCUT2D eigenvalue weighted by molar-refractivity contribution is 6.34. The molecule has 9 heteroatoms. The van der Waals surface area contributed by atoms with Gasteiger partial charge in [-0.05, 0) is 37.1 Å². The predicted molar refractivity (Wildman–Crippen MR) is 123 cm³/mol. The van der Waals surface area contributed by atoms with Gasteiger partial charge in [-0.25, -0.2) is 0 Å².